The van der Waals surface area contributed by atoms with Gasteiger partial charge in [0.25, 0.3) is 0 Å². The second kappa shape index (κ2) is 5.82. The van der Waals surface area contributed by atoms with E-state index >= 15 is 0 Å². The van der Waals surface area contributed by atoms with Crippen LogP contribution in [0, 0.1) is 18.3 Å². The number of pyridine rings is 1. The number of hydrogen-bond donors (Lipinski definition) is 0. The summed E-state index contributed by atoms with van der Waals surface area (Å²) in [4.78, 5) is 7.15. The smallest absolute Gasteiger partial charge is 0.128 e. The summed E-state index contributed by atoms with van der Waals surface area (Å²) in [5, 5.41) is 0. The second-order valence-electron chi connectivity index (χ2n) is 6.72. The molecule has 1 saturated heterocycles. The highest BCUT2D eigenvalue weighted by Gasteiger charge is 2.27. The van der Waals surface area contributed by atoms with Crippen molar-refractivity contribution < 1.29 is 0 Å². The summed E-state index contributed by atoms with van der Waals surface area (Å²) in [6.07, 6.45) is 3.90. The molecular formula is C16H25BrN2. The Hall–Kier alpha value is -0.570. The fraction of sp³-hybridized carbons (Fsp3) is 0.688. The first kappa shape index (κ1) is 14.8. The lowest BCUT2D eigenvalue weighted by Crippen LogP contribution is -2.26. The summed E-state index contributed by atoms with van der Waals surface area (Å²) < 4.78 is 1.10. The Bertz CT molecular complexity index is 437. The van der Waals surface area contributed by atoms with Crippen molar-refractivity contribution in [3.63, 3.8) is 0 Å². The van der Waals surface area contributed by atoms with E-state index in [4.69, 9.17) is 4.98 Å². The van der Waals surface area contributed by atoms with Crippen molar-refractivity contribution in [2.75, 3.05) is 18.0 Å². The molecule has 2 heterocycles. The molecule has 1 fully saturated rings. The first-order valence-electron chi connectivity index (χ1n) is 7.26. The zero-order valence-electron chi connectivity index (χ0n) is 12.5. The molecule has 0 spiro atoms. The Morgan fingerprint density at radius 1 is 1.21 bits per heavy atom. The molecule has 3 heteroatoms. The maximum atomic E-state index is 4.70. The van der Waals surface area contributed by atoms with Crippen LogP contribution >= 0.6 is 15.9 Å². The van der Waals surface area contributed by atoms with Crippen molar-refractivity contribution in [3.05, 3.63) is 22.3 Å². The van der Waals surface area contributed by atoms with E-state index in [-0.39, 0.29) is 0 Å². The van der Waals surface area contributed by atoms with Gasteiger partial charge < -0.3 is 4.90 Å². The molecule has 0 amide bonds. The zero-order chi connectivity index (χ0) is 14.0. The van der Waals surface area contributed by atoms with Gasteiger partial charge in [0.15, 0.2) is 0 Å². The summed E-state index contributed by atoms with van der Waals surface area (Å²) in [6.45, 7) is 11.4. The van der Waals surface area contributed by atoms with Gasteiger partial charge in [-0.1, -0.05) is 20.8 Å². The third-order valence-electron chi connectivity index (χ3n) is 4.28. The lowest BCUT2D eigenvalue weighted by atomic mass is 9.77. The maximum absolute atomic E-state index is 4.70. The Morgan fingerprint density at radius 2 is 1.95 bits per heavy atom. The number of aromatic nitrogens is 1. The highest BCUT2D eigenvalue weighted by Crippen LogP contribution is 2.35. The largest absolute Gasteiger partial charge is 0.357 e. The van der Waals surface area contributed by atoms with E-state index in [1.807, 2.05) is 0 Å². The molecule has 1 aromatic heterocycles. The minimum atomic E-state index is 0.430. The molecule has 1 aliphatic heterocycles. The van der Waals surface area contributed by atoms with Gasteiger partial charge in [-0.25, -0.2) is 4.98 Å². The molecule has 19 heavy (non-hydrogen) atoms. The Balaban J connectivity index is 2.08. The second-order valence-corrected chi connectivity index (χ2v) is 7.57. The third-order valence-corrected chi connectivity index (χ3v) is 5.12. The summed E-state index contributed by atoms with van der Waals surface area (Å²) in [7, 11) is 0. The van der Waals surface area contributed by atoms with Crippen LogP contribution in [-0.2, 0) is 0 Å². The lowest BCUT2D eigenvalue weighted by molar-refractivity contribution is 0.220. The third kappa shape index (κ3) is 3.71. The predicted octanol–water partition coefficient (Wildman–Crippen LogP) is 4.81. The molecule has 1 aromatic rings. The summed E-state index contributed by atoms with van der Waals surface area (Å²) >= 11 is 3.52. The summed E-state index contributed by atoms with van der Waals surface area (Å²) in [5.74, 6) is 1.96. The molecule has 2 rings (SSSR count). The van der Waals surface area contributed by atoms with Crippen molar-refractivity contribution >= 4 is 21.7 Å². The molecule has 0 bridgehead atoms. The van der Waals surface area contributed by atoms with E-state index in [1.165, 1.54) is 19.3 Å². The van der Waals surface area contributed by atoms with E-state index in [0.717, 1.165) is 35.0 Å². The summed E-state index contributed by atoms with van der Waals surface area (Å²) in [5.41, 5.74) is 1.51. The lowest BCUT2D eigenvalue weighted by Gasteiger charge is -2.30. The highest BCUT2D eigenvalue weighted by atomic mass is 79.9. The highest BCUT2D eigenvalue weighted by molar-refractivity contribution is 9.10. The molecule has 0 radical (unpaired) electrons. The average Bonchev–Trinajstić information content (AvgIpc) is 2.57. The predicted molar refractivity (Wildman–Crippen MR) is 85.7 cm³/mol. The fourth-order valence-corrected chi connectivity index (χ4v) is 3.12. The van der Waals surface area contributed by atoms with Crippen LogP contribution in [0.15, 0.2) is 16.6 Å². The van der Waals surface area contributed by atoms with E-state index in [0.29, 0.717) is 5.41 Å². The van der Waals surface area contributed by atoms with E-state index in [9.17, 15) is 0 Å². The van der Waals surface area contributed by atoms with Gasteiger partial charge >= 0.3 is 0 Å². The molecule has 1 aliphatic rings. The molecule has 106 valence electrons. The van der Waals surface area contributed by atoms with Gasteiger partial charge in [-0.05, 0) is 65.6 Å². The van der Waals surface area contributed by atoms with Crippen LogP contribution < -0.4 is 4.90 Å². The van der Waals surface area contributed by atoms with Gasteiger partial charge in [0, 0.05) is 17.6 Å². The van der Waals surface area contributed by atoms with Crippen molar-refractivity contribution in [2.24, 2.45) is 11.3 Å². The van der Waals surface area contributed by atoms with Crippen molar-refractivity contribution in [1.82, 2.24) is 4.98 Å². The number of anilines is 1. The first-order valence-corrected chi connectivity index (χ1v) is 8.05. The van der Waals surface area contributed by atoms with Gasteiger partial charge in [0.05, 0.1) is 5.69 Å². The quantitative estimate of drug-likeness (QED) is 0.737. The van der Waals surface area contributed by atoms with Crippen LogP contribution in [0.3, 0.4) is 0 Å². The number of rotatable bonds is 1. The van der Waals surface area contributed by atoms with Crippen LogP contribution in [0.25, 0.3) is 0 Å². The van der Waals surface area contributed by atoms with Crippen LogP contribution in [0.1, 0.15) is 45.7 Å². The van der Waals surface area contributed by atoms with Crippen LogP contribution in [0.4, 0.5) is 5.82 Å². The SMILES string of the molecule is Cc1nc(N2CCCC(C(C)(C)C)CC2)ccc1Br. The van der Waals surface area contributed by atoms with Gasteiger partial charge in [0.1, 0.15) is 5.82 Å². The van der Waals surface area contributed by atoms with Gasteiger partial charge in [-0.3, -0.25) is 0 Å². The minimum Gasteiger partial charge on any atom is -0.357 e. The Morgan fingerprint density at radius 3 is 2.58 bits per heavy atom. The van der Waals surface area contributed by atoms with Gasteiger partial charge in [0.2, 0.25) is 0 Å². The van der Waals surface area contributed by atoms with Crippen molar-refractivity contribution in [2.45, 2.75) is 47.0 Å². The molecule has 2 nitrogen and oxygen atoms in total. The summed E-state index contributed by atoms with van der Waals surface area (Å²) in [6, 6.07) is 4.25. The molecule has 1 atom stereocenters. The Labute approximate surface area is 125 Å². The van der Waals surface area contributed by atoms with Crippen LogP contribution in [0.5, 0.6) is 0 Å². The van der Waals surface area contributed by atoms with Gasteiger partial charge in [-0.15, -0.1) is 0 Å². The topological polar surface area (TPSA) is 16.1 Å². The van der Waals surface area contributed by atoms with Crippen molar-refractivity contribution in [1.29, 1.82) is 0 Å². The Kier molecular flexibility index (Phi) is 4.54. The molecule has 1 unspecified atom stereocenters. The minimum absolute atomic E-state index is 0.430. The maximum Gasteiger partial charge on any atom is 0.128 e. The first-order chi connectivity index (χ1) is 8.88. The molecule has 0 saturated carbocycles. The van der Waals surface area contributed by atoms with Crippen LogP contribution in [-0.4, -0.2) is 18.1 Å². The zero-order valence-corrected chi connectivity index (χ0v) is 14.1. The molecule has 0 aliphatic carbocycles. The normalized spacial score (nSPS) is 21.3. The monoisotopic (exact) mass is 324 g/mol. The van der Waals surface area contributed by atoms with E-state index < -0.39 is 0 Å². The van der Waals surface area contributed by atoms with Crippen molar-refractivity contribution in [3.8, 4) is 0 Å². The average molecular weight is 325 g/mol. The number of nitrogens with zero attached hydrogens (tertiary/aromatic N) is 2. The van der Waals surface area contributed by atoms with Crippen LogP contribution in [0.2, 0.25) is 0 Å². The molecular weight excluding hydrogens is 300 g/mol. The standard InChI is InChI=1S/C16H25BrN2/c1-12-14(17)7-8-15(18-12)19-10-5-6-13(9-11-19)16(2,3)4/h7-8,13H,5-6,9-11H2,1-4H3. The number of halogens is 1. The molecule has 0 aromatic carbocycles. The fourth-order valence-electron chi connectivity index (χ4n) is 2.90. The van der Waals surface area contributed by atoms with E-state index in [1.54, 1.807) is 0 Å². The van der Waals surface area contributed by atoms with E-state index in [2.05, 4.69) is 60.7 Å². The van der Waals surface area contributed by atoms with Gasteiger partial charge in [-0.2, -0.15) is 0 Å². The number of aryl methyl sites for hydroxylation is 1. The molecule has 0 N–H and O–H groups in total. The number of hydrogen-bond acceptors (Lipinski definition) is 2.